The number of piperidine rings is 1. The molecule has 0 aromatic carbocycles. The molecule has 1 fully saturated rings. The van der Waals surface area contributed by atoms with Crippen LogP contribution in [0.2, 0.25) is 0 Å². The molecule has 1 amide bonds. The maximum Gasteiger partial charge on any atom is 0.219 e. The molecule has 1 unspecified atom stereocenters. The van der Waals surface area contributed by atoms with Crippen molar-refractivity contribution in [1.29, 1.82) is 0 Å². The van der Waals surface area contributed by atoms with Gasteiger partial charge in [-0.05, 0) is 26.9 Å². The van der Waals surface area contributed by atoms with Gasteiger partial charge in [-0.25, -0.2) is 9.97 Å². The molecular formula is C16H27N5O. The topological polar surface area (TPSA) is 52.6 Å². The number of rotatable bonds is 4. The number of hydrogen-bond acceptors (Lipinski definition) is 5. The normalized spacial score (nSPS) is 18.6. The van der Waals surface area contributed by atoms with E-state index >= 15 is 0 Å². The molecule has 0 saturated carbocycles. The first-order valence-electron chi connectivity index (χ1n) is 7.82. The summed E-state index contributed by atoms with van der Waals surface area (Å²) in [5.74, 6) is 2.18. The fraction of sp³-hybridized carbons (Fsp3) is 0.688. The summed E-state index contributed by atoms with van der Waals surface area (Å²) in [5, 5.41) is 0. The molecule has 2 rings (SSSR count). The summed E-state index contributed by atoms with van der Waals surface area (Å²) < 4.78 is 0. The molecule has 1 atom stereocenters. The second-order valence-corrected chi connectivity index (χ2v) is 6.51. The predicted molar refractivity (Wildman–Crippen MR) is 88.0 cm³/mol. The van der Waals surface area contributed by atoms with Gasteiger partial charge >= 0.3 is 0 Å². The Kier molecular flexibility index (Phi) is 5.34. The summed E-state index contributed by atoms with van der Waals surface area (Å²) in [5.41, 5.74) is 1.03. The van der Waals surface area contributed by atoms with Crippen LogP contribution in [0.1, 0.15) is 37.2 Å². The lowest BCUT2D eigenvalue weighted by Crippen LogP contribution is -2.38. The lowest BCUT2D eigenvalue weighted by molar-refractivity contribution is -0.130. The van der Waals surface area contributed by atoms with Gasteiger partial charge in [-0.3, -0.25) is 4.79 Å². The number of carbonyl (C=O) groups excluding carboxylic acids is 1. The quantitative estimate of drug-likeness (QED) is 0.840. The highest BCUT2D eigenvalue weighted by atomic mass is 16.2. The molecule has 1 aromatic heterocycles. The van der Waals surface area contributed by atoms with E-state index in [-0.39, 0.29) is 11.8 Å². The maximum absolute atomic E-state index is 11.6. The third kappa shape index (κ3) is 4.16. The van der Waals surface area contributed by atoms with Crippen LogP contribution in [0.3, 0.4) is 0 Å². The summed E-state index contributed by atoms with van der Waals surface area (Å²) in [6, 6.07) is 2.04. The number of anilines is 1. The molecule has 2 heterocycles. The van der Waals surface area contributed by atoms with E-state index in [0.29, 0.717) is 0 Å². The minimum Gasteiger partial charge on any atom is -0.363 e. The van der Waals surface area contributed by atoms with Crippen molar-refractivity contribution >= 4 is 11.7 Å². The van der Waals surface area contributed by atoms with Crippen molar-refractivity contribution in [3.05, 3.63) is 17.6 Å². The van der Waals surface area contributed by atoms with Gasteiger partial charge in [0.15, 0.2) is 0 Å². The van der Waals surface area contributed by atoms with E-state index in [1.165, 1.54) is 0 Å². The minimum absolute atomic E-state index is 0.141. The Morgan fingerprint density at radius 3 is 2.64 bits per heavy atom. The Bertz CT molecular complexity index is 529. The molecule has 6 nitrogen and oxygen atoms in total. The smallest absolute Gasteiger partial charge is 0.219 e. The zero-order chi connectivity index (χ0) is 16.3. The highest BCUT2D eigenvalue weighted by Crippen LogP contribution is 2.26. The molecule has 1 aliphatic rings. The number of carbonyl (C=O) groups is 1. The molecule has 0 bridgehead atoms. The van der Waals surface area contributed by atoms with E-state index in [1.807, 2.05) is 44.1 Å². The molecule has 1 saturated heterocycles. The van der Waals surface area contributed by atoms with Crippen LogP contribution in [-0.2, 0) is 11.3 Å². The van der Waals surface area contributed by atoms with Crippen LogP contribution in [0.4, 0.5) is 5.82 Å². The van der Waals surface area contributed by atoms with Crippen molar-refractivity contribution in [3.8, 4) is 0 Å². The highest BCUT2D eigenvalue weighted by Gasteiger charge is 2.25. The van der Waals surface area contributed by atoms with E-state index in [2.05, 4.69) is 4.90 Å². The summed E-state index contributed by atoms with van der Waals surface area (Å²) in [6.45, 7) is 4.01. The van der Waals surface area contributed by atoms with Crippen LogP contribution in [0, 0.1) is 0 Å². The van der Waals surface area contributed by atoms with Crippen LogP contribution in [0.25, 0.3) is 0 Å². The number of likely N-dealkylation sites (tertiary alicyclic amines) is 1. The number of nitrogens with zero attached hydrogens (tertiary/aromatic N) is 5. The van der Waals surface area contributed by atoms with Gasteiger partial charge in [0.2, 0.25) is 5.91 Å². The van der Waals surface area contributed by atoms with Gasteiger partial charge in [-0.1, -0.05) is 0 Å². The Morgan fingerprint density at radius 2 is 2.05 bits per heavy atom. The lowest BCUT2D eigenvalue weighted by Gasteiger charge is -2.31. The predicted octanol–water partition coefficient (Wildman–Crippen LogP) is 1.33. The zero-order valence-corrected chi connectivity index (χ0v) is 14.3. The van der Waals surface area contributed by atoms with Gasteiger partial charge < -0.3 is 14.7 Å². The fourth-order valence-corrected chi connectivity index (χ4v) is 2.79. The zero-order valence-electron chi connectivity index (χ0n) is 14.3. The third-order valence-corrected chi connectivity index (χ3v) is 3.95. The molecule has 0 radical (unpaired) electrons. The second kappa shape index (κ2) is 7.05. The van der Waals surface area contributed by atoms with Gasteiger partial charge in [-0.2, -0.15) is 0 Å². The minimum atomic E-state index is 0.141. The molecule has 122 valence electrons. The number of hydrogen-bond donors (Lipinski definition) is 0. The molecule has 1 aromatic rings. The van der Waals surface area contributed by atoms with E-state index in [0.717, 1.165) is 49.8 Å². The Labute approximate surface area is 133 Å². The van der Waals surface area contributed by atoms with Gasteiger partial charge in [0.05, 0.1) is 5.69 Å². The van der Waals surface area contributed by atoms with Crippen molar-refractivity contribution in [2.45, 2.75) is 32.2 Å². The summed E-state index contributed by atoms with van der Waals surface area (Å²) in [6.07, 6.45) is 2.06. The van der Waals surface area contributed by atoms with Gasteiger partial charge in [0, 0.05) is 52.6 Å². The number of aromatic nitrogens is 2. The van der Waals surface area contributed by atoms with Gasteiger partial charge in [-0.15, -0.1) is 0 Å². The van der Waals surface area contributed by atoms with E-state index in [1.54, 1.807) is 6.92 Å². The van der Waals surface area contributed by atoms with Crippen molar-refractivity contribution in [2.75, 3.05) is 46.2 Å². The van der Waals surface area contributed by atoms with Gasteiger partial charge in [0.1, 0.15) is 11.6 Å². The van der Waals surface area contributed by atoms with Crippen molar-refractivity contribution < 1.29 is 4.79 Å². The molecular weight excluding hydrogens is 278 g/mol. The Balaban J connectivity index is 2.28. The van der Waals surface area contributed by atoms with Crippen LogP contribution in [-0.4, -0.2) is 67.0 Å². The maximum atomic E-state index is 11.6. The van der Waals surface area contributed by atoms with E-state index in [4.69, 9.17) is 9.97 Å². The molecule has 0 aliphatic carbocycles. The Morgan fingerprint density at radius 1 is 1.32 bits per heavy atom. The van der Waals surface area contributed by atoms with Crippen LogP contribution in [0.5, 0.6) is 0 Å². The molecule has 0 N–H and O–H groups in total. The average Bonchev–Trinajstić information content (AvgIpc) is 2.46. The first-order valence-corrected chi connectivity index (χ1v) is 7.82. The standard InChI is InChI=1S/C16H27N5O/c1-12(22)21-8-6-7-13(10-21)16-17-14(11-19(2)3)9-15(18-16)20(4)5/h9,13H,6-8,10-11H2,1-5H3. The van der Waals surface area contributed by atoms with Crippen molar-refractivity contribution in [2.24, 2.45) is 0 Å². The third-order valence-electron chi connectivity index (χ3n) is 3.95. The lowest BCUT2D eigenvalue weighted by atomic mass is 9.97. The summed E-state index contributed by atoms with van der Waals surface area (Å²) in [7, 11) is 8.06. The SMILES string of the molecule is CC(=O)N1CCCC(c2nc(CN(C)C)cc(N(C)C)n2)C1. The monoisotopic (exact) mass is 305 g/mol. The highest BCUT2D eigenvalue weighted by molar-refractivity contribution is 5.73. The van der Waals surface area contributed by atoms with E-state index < -0.39 is 0 Å². The first-order chi connectivity index (χ1) is 10.4. The van der Waals surface area contributed by atoms with Crippen LogP contribution in [0.15, 0.2) is 6.07 Å². The summed E-state index contributed by atoms with van der Waals surface area (Å²) in [4.78, 5) is 27.1. The molecule has 22 heavy (non-hydrogen) atoms. The van der Waals surface area contributed by atoms with Gasteiger partial charge in [0.25, 0.3) is 0 Å². The van der Waals surface area contributed by atoms with Crippen molar-refractivity contribution in [1.82, 2.24) is 19.8 Å². The molecule has 1 aliphatic heterocycles. The van der Waals surface area contributed by atoms with Crippen LogP contribution >= 0.6 is 0 Å². The van der Waals surface area contributed by atoms with Crippen LogP contribution < -0.4 is 4.90 Å². The first kappa shape index (κ1) is 16.7. The Hall–Kier alpha value is -1.69. The number of amides is 1. The average molecular weight is 305 g/mol. The summed E-state index contributed by atoms with van der Waals surface area (Å²) >= 11 is 0. The fourth-order valence-electron chi connectivity index (χ4n) is 2.79. The molecule has 6 heteroatoms. The second-order valence-electron chi connectivity index (χ2n) is 6.51. The molecule has 0 spiro atoms. The van der Waals surface area contributed by atoms with Crippen molar-refractivity contribution in [3.63, 3.8) is 0 Å². The largest absolute Gasteiger partial charge is 0.363 e. The van der Waals surface area contributed by atoms with E-state index in [9.17, 15) is 4.79 Å².